The zero-order chi connectivity index (χ0) is 22.2. The number of aromatic nitrogens is 3. The first-order valence-electron chi connectivity index (χ1n) is 10.3. The summed E-state index contributed by atoms with van der Waals surface area (Å²) < 4.78 is 10.7. The Balaban J connectivity index is 1.53. The molecule has 8 nitrogen and oxygen atoms in total. The van der Waals surface area contributed by atoms with Crippen LogP contribution < -0.4 is 25.7 Å². The lowest BCUT2D eigenvalue weighted by Gasteiger charge is -2.30. The molecule has 0 aliphatic carbocycles. The Hall–Kier alpha value is -4.07. The number of methoxy groups -OCH3 is 2. The summed E-state index contributed by atoms with van der Waals surface area (Å²) in [6.45, 7) is 1.34. The number of anilines is 2. The van der Waals surface area contributed by atoms with Crippen LogP contribution >= 0.6 is 0 Å². The lowest BCUT2D eigenvalue weighted by Crippen LogP contribution is -2.33. The minimum Gasteiger partial charge on any atom is -0.493 e. The molecular weight excluding hydrogens is 406 g/mol. The van der Waals surface area contributed by atoms with Crippen LogP contribution in [0.25, 0.3) is 22.0 Å². The van der Waals surface area contributed by atoms with Crippen molar-refractivity contribution in [1.29, 1.82) is 0 Å². The highest BCUT2D eigenvalue weighted by atomic mass is 16.5. The Labute approximate surface area is 184 Å². The average Bonchev–Trinajstić information content (AvgIpc) is 2.82. The Morgan fingerprint density at radius 2 is 1.91 bits per heavy atom. The molecule has 2 aromatic heterocycles. The lowest BCUT2D eigenvalue weighted by atomic mass is 9.91. The second kappa shape index (κ2) is 7.88. The SMILES string of the molecule is COc1cc2nc(N3CCc4c(cccc4-c4cnccc4N)C3)[nH]c(=O)c2cc1OC. The summed E-state index contributed by atoms with van der Waals surface area (Å²) in [4.78, 5) is 26.8. The average molecular weight is 429 g/mol. The molecule has 0 radical (unpaired) electrons. The van der Waals surface area contributed by atoms with E-state index in [1.54, 1.807) is 31.6 Å². The number of nitrogens with one attached hydrogen (secondary N) is 1. The Bertz CT molecular complexity index is 1380. The quantitative estimate of drug-likeness (QED) is 0.513. The van der Waals surface area contributed by atoms with Crippen LogP contribution in [0, 0.1) is 0 Å². The predicted octanol–water partition coefficient (Wildman–Crippen LogP) is 3.15. The lowest BCUT2D eigenvalue weighted by molar-refractivity contribution is 0.355. The van der Waals surface area contributed by atoms with E-state index in [9.17, 15) is 4.79 Å². The van der Waals surface area contributed by atoms with Gasteiger partial charge in [0, 0.05) is 42.8 Å². The molecule has 162 valence electrons. The highest BCUT2D eigenvalue weighted by molar-refractivity contribution is 5.83. The van der Waals surface area contributed by atoms with Crippen molar-refractivity contribution in [1.82, 2.24) is 15.0 Å². The molecule has 0 atom stereocenters. The second-order valence-corrected chi connectivity index (χ2v) is 7.69. The maximum Gasteiger partial charge on any atom is 0.260 e. The van der Waals surface area contributed by atoms with Gasteiger partial charge in [-0.1, -0.05) is 18.2 Å². The number of H-pyrrole nitrogens is 1. The number of rotatable bonds is 4. The molecule has 0 fully saturated rings. The van der Waals surface area contributed by atoms with Gasteiger partial charge in [0.15, 0.2) is 11.5 Å². The van der Waals surface area contributed by atoms with Gasteiger partial charge in [0.2, 0.25) is 5.95 Å². The molecule has 0 saturated carbocycles. The van der Waals surface area contributed by atoms with E-state index in [0.29, 0.717) is 47.1 Å². The van der Waals surface area contributed by atoms with E-state index in [1.165, 1.54) is 18.2 Å². The van der Waals surface area contributed by atoms with Crippen molar-refractivity contribution in [2.75, 3.05) is 31.4 Å². The first-order chi connectivity index (χ1) is 15.6. The standard InChI is InChI=1S/C24H23N5O3/c1-31-21-10-17-20(11-22(21)32-2)27-24(28-23(17)30)29-9-7-15-14(13-29)4-3-5-16(15)18-12-26-8-6-19(18)25/h3-6,8,10-12H,7,9,13H2,1-2H3,(H2,25,26)(H,27,28,30). The third-order valence-electron chi connectivity index (χ3n) is 5.91. The Morgan fingerprint density at radius 3 is 2.69 bits per heavy atom. The minimum absolute atomic E-state index is 0.214. The van der Waals surface area contributed by atoms with Crippen LogP contribution in [0.4, 0.5) is 11.6 Å². The summed E-state index contributed by atoms with van der Waals surface area (Å²) in [5.41, 5.74) is 11.7. The Morgan fingerprint density at radius 1 is 1.09 bits per heavy atom. The van der Waals surface area contributed by atoms with E-state index in [-0.39, 0.29) is 5.56 Å². The second-order valence-electron chi connectivity index (χ2n) is 7.69. The van der Waals surface area contributed by atoms with Gasteiger partial charge in [0.25, 0.3) is 5.56 Å². The smallest absolute Gasteiger partial charge is 0.260 e. The van der Waals surface area contributed by atoms with Gasteiger partial charge in [-0.2, -0.15) is 0 Å². The van der Waals surface area contributed by atoms with Gasteiger partial charge in [0.1, 0.15) is 0 Å². The van der Waals surface area contributed by atoms with Crippen LogP contribution in [0.3, 0.4) is 0 Å². The van der Waals surface area contributed by atoms with Crippen LogP contribution in [0.1, 0.15) is 11.1 Å². The number of aromatic amines is 1. The van der Waals surface area contributed by atoms with Crippen molar-refractivity contribution in [3.8, 4) is 22.6 Å². The fourth-order valence-corrected chi connectivity index (χ4v) is 4.28. The van der Waals surface area contributed by atoms with Crippen molar-refractivity contribution in [2.24, 2.45) is 0 Å². The zero-order valence-electron chi connectivity index (χ0n) is 17.9. The maximum atomic E-state index is 12.8. The fraction of sp³-hybridized carbons (Fsp3) is 0.208. The van der Waals surface area contributed by atoms with E-state index in [1.807, 2.05) is 12.1 Å². The number of hydrogen-bond acceptors (Lipinski definition) is 7. The Kier molecular flexibility index (Phi) is 4.89. The normalized spacial score (nSPS) is 13.1. The van der Waals surface area contributed by atoms with Gasteiger partial charge in [-0.3, -0.25) is 14.8 Å². The van der Waals surface area contributed by atoms with Gasteiger partial charge in [-0.05, 0) is 35.2 Å². The first kappa shape index (κ1) is 19.9. The van der Waals surface area contributed by atoms with Crippen LogP contribution in [0.2, 0.25) is 0 Å². The van der Waals surface area contributed by atoms with E-state index < -0.39 is 0 Å². The number of nitrogen functional groups attached to an aromatic ring is 1. The summed E-state index contributed by atoms with van der Waals surface area (Å²) >= 11 is 0. The highest BCUT2D eigenvalue weighted by Crippen LogP contribution is 2.34. The van der Waals surface area contributed by atoms with Crippen LogP contribution in [-0.2, 0) is 13.0 Å². The molecule has 3 heterocycles. The van der Waals surface area contributed by atoms with Gasteiger partial charge >= 0.3 is 0 Å². The number of ether oxygens (including phenoxy) is 2. The number of nitrogens with zero attached hydrogens (tertiary/aromatic N) is 3. The van der Waals surface area contributed by atoms with Gasteiger partial charge in [-0.25, -0.2) is 4.98 Å². The van der Waals surface area contributed by atoms with Crippen molar-refractivity contribution in [3.05, 3.63) is 70.3 Å². The topological polar surface area (TPSA) is 106 Å². The fourth-order valence-electron chi connectivity index (χ4n) is 4.28. The molecule has 1 aliphatic heterocycles. The monoisotopic (exact) mass is 429 g/mol. The third kappa shape index (κ3) is 3.30. The number of hydrogen-bond donors (Lipinski definition) is 2. The van der Waals surface area contributed by atoms with Crippen molar-refractivity contribution in [3.63, 3.8) is 0 Å². The summed E-state index contributed by atoms with van der Waals surface area (Å²) in [5.74, 6) is 1.56. The van der Waals surface area contributed by atoms with E-state index >= 15 is 0 Å². The molecule has 0 unspecified atom stereocenters. The van der Waals surface area contributed by atoms with Gasteiger partial charge in [-0.15, -0.1) is 0 Å². The summed E-state index contributed by atoms with van der Waals surface area (Å²) in [7, 11) is 3.10. The third-order valence-corrected chi connectivity index (χ3v) is 5.91. The van der Waals surface area contributed by atoms with Crippen molar-refractivity contribution >= 4 is 22.5 Å². The van der Waals surface area contributed by atoms with Crippen LogP contribution in [0.15, 0.2) is 53.6 Å². The van der Waals surface area contributed by atoms with Crippen LogP contribution in [0.5, 0.6) is 11.5 Å². The van der Waals surface area contributed by atoms with E-state index in [4.69, 9.17) is 20.2 Å². The maximum absolute atomic E-state index is 12.8. The zero-order valence-corrected chi connectivity index (χ0v) is 17.9. The molecule has 3 N–H and O–H groups in total. The molecule has 5 rings (SSSR count). The molecule has 0 saturated heterocycles. The van der Waals surface area contributed by atoms with E-state index in [0.717, 1.165) is 17.5 Å². The van der Waals surface area contributed by atoms with Gasteiger partial charge < -0.3 is 20.1 Å². The van der Waals surface area contributed by atoms with E-state index in [2.05, 4.69) is 27.0 Å². The molecule has 0 spiro atoms. The first-order valence-corrected chi connectivity index (χ1v) is 10.3. The van der Waals surface area contributed by atoms with Crippen molar-refractivity contribution in [2.45, 2.75) is 13.0 Å². The number of fused-ring (bicyclic) bond motifs is 2. The molecule has 1 aliphatic rings. The molecule has 0 amide bonds. The summed E-state index contributed by atoms with van der Waals surface area (Å²) in [6.07, 6.45) is 4.30. The molecule has 0 bridgehead atoms. The molecular formula is C24H23N5O3. The minimum atomic E-state index is -0.214. The van der Waals surface area contributed by atoms with Gasteiger partial charge in [0.05, 0.1) is 25.1 Å². The van der Waals surface area contributed by atoms with Crippen LogP contribution in [-0.4, -0.2) is 35.7 Å². The molecule has 8 heteroatoms. The number of benzene rings is 2. The molecule has 4 aromatic rings. The molecule has 2 aromatic carbocycles. The van der Waals surface area contributed by atoms with Crippen molar-refractivity contribution < 1.29 is 9.47 Å². The highest BCUT2D eigenvalue weighted by Gasteiger charge is 2.22. The predicted molar refractivity (Wildman–Crippen MR) is 124 cm³/mol. The summed E-state index contributed by atoms with van der Waals surface area (Å²) in [5, 5.41) is 0.457. The molecule has 32 heavy (non-hydrogen) atoms. The summed E-state index contributed by atoms with van der Waals surface area (Å²) in [6, 6.07) is 11.4. The number of pyridine rings is 1. The largest absolute Gasteiger partial charge is 0.493 e. The number of nitrogens with two attached hydrogens (primary N) is 1.